The largest absolute Gasteiger partial charge is 0.442 e. The number of aromatic nitrogens is 4. The van der Waals surface area contributed by atoms with Gasteiger partial charge in [0.25, 0.3) is 5.91 Å². The van der Waals surface area contributed by atoms with Gasteiger partial charge >= 0.3 is 6.09 Å². The highest BCUT2D eigenvalue weighted by atomic mass is 19.1. The van der Waals surface area contributed by atoms with Crippen molar-refractivity contribution in [3.63, 3.8) is 0 Å². The molecule has 0 saturated carbocycles. The van der Waals surface area contributed by atoms with Crippen molar-refractivity contribution in [3.05, 3.63) is 66.0 Å². The van der Waals surface area contributed by atoms with Gasteiger partial charge in [0.15, 0.2) is 11.6 Å². The van der Waals surface area contributed by atoms with Gasteiger partial charge in [0.1, 0.15) is 17.8 Å². The number of anilines is 2. The summed E-state index contributed by atoms with van der Waals surface area (Å²) in [6.45, 7) is 2.48. The number of amides is 3. The van der Waals surface area contributed by atoms with Gasteiger partial charge in [-0.1, -0.05) is 5.21 Å². The highest BCUT2D eigenvalue weighted by Crippen LogP contribution is 2.31. The molecule has 2 saturated heterocycles. The third-order valence-corrected chi connectivity index (χ3v) is 6.67. The number of hydrogen-bond donors (Lipinski definition) is 1. The Morgan fingerprint density at radius 3 is 2.48 bits per heavy atom. The maximum absolute atomic E-state index is 15.2. The minimum Gasteiger partial charge on any atom is -0.442 e. The molecule has 2 fully saturated rings. The molecule has 0 radical (unpaired) electrons. The summed E-state index contributed by atoms with van der Waals surface area (Å²) in [6.07, 6.45) is 2.88. The number of nitrogens with one attached hydrogen (secondary N) is 1. The van der Waals surface area contributed by atoms with E-state index < -0.39 is 41.7 Å². The van der Waals surface area contributed by atoms with Crippen molar-refractivity contribution in [2.24, 2.45) is 0 Å². The van der Waals surface area contributed by atoms with Gasteiger partial charge in [0, 0.05) is 50.7 Å². The lowest BCUT2D eigenvalue weighted by Gasteiger charge is -2.37. The van der Waals surface area contributed by atoms with E-state index in [1.54, 1.807) is 6.20 Å². The molecule has 2 aliphatic rings. The minimum atomic E-state index is -0.884. The molecule has 3 amide bonds. The summed E-state index contributed by atoms with van der Waals surface area (Å²) in [5.41, 5.74) is -0.125. The molecule has 12 nitrogen and oxygen atoms in total. The van der Waals surface area contributed by atoms with Crippen LogP contribution >= 0.6 is 0 Å². The van der Waals surface area contributed by atoms with Crippen LogP contribution in [0.5, 0.6) is 0 Å². The van der Waals surface area contributed by atoms with Crippen LogP contribution in [0.4, 0.5) is 29.3 Å². The van der Waals surface area contributed by atoms with Crippen molar-refractivity contribution in [1.82, 2.24) is 30.2 Å². The van der Waals surface area contributed by atoms with E-state index in [2.05, 4.69) is 20.6 Å². The van der Waals surface area contributed by atoms with E-state index in [1.807, 2.05) is 0 Å². The number of piperazine rings is 1. The number of hydrogen-bond acceptors (Lipinski definition) is 8. The monoisotopic (exact) mass is 558 g/mol. The molecule has 4 heterocycles. The van der Waals surface area contributed by atoms with Crippen LogP contribution in [0.15, 0.2) is 42.9 Å². The molecule has 210 valence electrons. The van der Waals surface area contributed by atoms with Gasteiger partial charge in [-0.05, 0) is 19.1 Å². The van der Waals surface area contributed by atoms with E-state index in [9.17, 15) is 18.8 Å². The second-order valence-corrected chi connectivity index (χ2v) is 9.38. The van der Waals surface area contributed by atoms with Crippen LogP contribution in [-0.4, -0.2) is 87.7 Å². The van der Waals surface area contributed by atoms with E-state index in [4.69, 9.17) is 4.74 Å². The summed E-state index contributed by atoms with van der Waals surface area (Å²) < 4.78 is 50.1. The summed E-state index contributed by atoms with van der Waals surface area (Å²) in [7, 11) is 0. The Bertz CT molecular complexity index is 1370. The zero-order valence-electron chi connectivity index (χ0n) is 21.3. The summed E-state index contributed by atoms with van der Waals surface area (Å²) >= 11 is 0. The topological polar surface area (TPSA) is 126 Å². The Balaban J connectivity index is 1.18. The standard InChI is InChI=1S/C25H25F3N8O4/c1-15(31-23(37)16-2-3-21(28)29-12-16)24(38)34-8-6-33(7-9-34)22-19(26)10-17(11-20(22)27)36-14-18(40-25(36)39)13-35-5-4-30-32-35/h2-5,10-12,15,18H,6-9,13-14H2,1H3,(H,31,37)/t15-,18-/m0/s1. The van der Waals surface area contributed by atoms with Gasteiger partial charge in [-0.25, -0.2) is 23.2 Å². The Morgan fingerprint density at radius 2 is 1.85 bits per heavy atom. The van der Waals surface area contributed by atoms with E-state index in [1.165, 1.54) is 33.7 Å². The molecule has 40 heavy (non-hydrogen) atoms. The maximum Gasteiger partial charge on any atom is 0.414 e. The Morgan fingerprint density at radius 1 is 1.12 bits per heavy atom. The molecule has 0 unspecified atom stereocenters. The molecule has 2 aromatic heterocycles. The molecule has 0 spiro atoms. The molecule has 0 bridgehead atoms. The van der Waals surface area contributed by atoms with Crippen LogP contribution in [0.25, 0.3) is 0 Å². The number of rotatable bonds is 7. The van der Waals surface area contributed by atoms with Gasteiger partial charge in [-0.15, -0.1) is 5.10 Å². The van der Waals surface area contributed by atoms with Gasteiger partial charge in [0.2, 0.25) is 11.9 Å². The number of halogens is 3. The molecule has 2 aliphatic heterocycles. The first kappa shape index (κ1) is 26.9. The summed E-state index contributed by atoms with van der Waals surface area (Å²) in [5, 5.41) is 10.1. The van der Waals surface area contributed by atoms with E-state index >= 15 is 8.78 Å². The van der Waals surface area contributed by atoms with Gasteiger partial charge in [-0.3, -0.25) is 14.5 Å². The highest BCUT2D eigenvalue weighted by Gasteiger charge is 2.35. The number of carbonyl (C=O) groups is 3. The molecule has 5 rings (SSSR count). The van der Waals surface area contributed by atoms with Crippen LogP contribution in [0, 0.1) is 17.6 Å². The lowest BCUT2D eigenvalue weighted by molar-refractivity contribution is -0.133. The van der Waals surface area contributed by atoms with Crippen molar-refractivity contribution in [1.29, 1.82) is 0 Å². The van der Waals surface area contributed by atoms with Crippen LogP contribution in [0.2, 0.25) is 0 Å². The molecular formula is C25H25F3N8O4. The Kier molecular flexibility index (Phi) is 7.53. The fraction of sp³-hybridized carbons (Fsp3) is 0.360. The Hall–Kier alpha value is -4.69. The third kappa shape index (κ3) is 5.67. The quantitative estimate of drug-likeness (QED) is 0.434. The molecule has 0 aliphatic carbocycles. The number of ether oxygens (including phenoxy) is 1. The number of benzene rings is 1. The van der Waals surface area contributed by atoms with Gasteiger partial charge in [0.05, 0.1) is 30.5 Å². The first-order valence-corrected chi connectivity index (χ1v) is 12.5. The average molecular weight is 559 g/mol. The van der Waals surface area contributed by atoms with Crippen molar-refractivity contribution in [2.45, 2.75) is 25.6 Å². The van der Waals surface area contributed by atoms with E-state index in [0.29, 0.717) is 0 Å². The highest BCUT2D eigenvalue weighted by molar-refractivity contribution is 5.97. The Labute approximate surface area is 226 Å². The zero-order valence-corrected chi connectivity index (χ0v) is 21.3. The zero-order chi connectivity index (χ0) is 28.4. The lowest BCUT2D eigenvalue weighted by Crippen LogP contribution is -2.54. The van der Waals surface area contributed by atoms with Crippen molar-refractivity contribution in [3.8, 4) is 0 Å². The minimum absolute atomic E-state index is 0.0274. The predicted octanol–water partition coefficient (Wildman–Crippen LogP) is 1.58. The van der Waals surface area contributed by atoms with Gasteiger partial charge < -0.3 is 19.9 Å². The van der Waals surface area contributed by atoms with E-state index in [0.717, 1.165) is 29.3 Å². The number of cyclic esters (lactones) is 1. The first-order chi connectivity index (χ1) is 19.2. The van der Waals surface area contributed by atoms with E-state index in [-0.39, 0.29) is 62.1 Å². The molecule has 1 N–H and O–H groups in total. The fourth-order valence-corrected chi connectivity index (χ4v) is 4.65. The second-order valence-electron chi connectivity index (χ2n) is 9.38. The molecule has 3 aromatic rings. The average Bonchev–Trinajstić information content (AvgIpc) is 3.58. The van der Waals surface area contributed by atoms with Crippen molar-refractivity contribution in [2.75, 3.05) is 42.5 Å². The molecular weight excluding hydrogens is 533 g/mol. The number of nitrogens with zero attached hydrogens (tertiary/aromatic N) is 7. The SMILES string of the molecule is C[C@H](NC(=O)c1ccc(F)nc1)C(=O)N1CCN(c2c(F)cc(N3C[C@H](Cn4ccnn4)OC3=O)cc2F)CC1. The van der Waals surface area contributed by atoms with Crippen molar-refractivity contribution >= 4 is 29.3 Å². The lowest BCUT2D eigenvalue weighted by atomic mass is 10.1. The number of carbonyl (C=O) groups excluding carboxylic acids is 3. The molecule has 2 atom stereocenters. The fourth-order valence-electron chi connectivity index (χ4n) is 4.65. The normalized spacial score (nSPS) is 18.1. The van der Waals surface area contributed by atoms with Gasteiger partial charge in [-0.2, -0.15) is 4.39 Å². The van der Waals surface area contributed by atoms with Crippen LogP contribution in [0.3, 0.4) is 0 Å². The second kappa shape index (κ2) is 11.2. The summed E-state index contributed by atoms with van der Waals surface area (Å²) in [5.74, 6) is -3.38. The number of pyridine rings is 1. The van der Waals surface area contributed by atoms with Crippen LogP contribution < -0.4 is 15.1 Å². The van der Waals surface area contributed by atoms with Crippen molar-refractivity contribution < 1.29 is 32.3 Å². The molecule has 15 heteroatoms. The van der Waals surface area contributed by atoms with Crippen LogP contribution in [0.1, 0.15) is 17.3 Å². The van der Waals surface area contributed by atoms with Crippen LogP contribution in [-0.2, 0) is 16.1 Å². The first-order valence-electron chi connectivity index (χ1n) is 12.5. The predicted molar refractivity (Wildman–Crippen MR) is 134 cm³/mol. The molecule has 1 aromatic carbocycles. The smallest absolute Gasteiger partial charge is 0.414 e. The summed E-state index contributed by atoms with van der Waals surface area (Å²) in [4.78, 5) is 45.1. The third-order valence-electron chi connectivity index (χ3n) is 6.67. The maximum atomic E-state index is 15.2. The summed E-state index contributed by atoms with van der Waals surface area (Å²) in [6, 6.07) is 3.57.